The molecule has 1 N–H and O–H groups in total. The molecule has 2 amide bonds. The van der Waals surface area contributed by atoms with E-state index in [1.165, 1.54) is 6.42 Å². The van der Waals surface area contributed by atoms with Gasteiger partial charge in [-0.2, -0.15) is 0 Å². The van der Waals surface area contributed by atoms with E-state index in [0.29, 0.717) is 18.6 Å². The number of rotatable bonds is 2. The number of piperidine rings is 1. The van der Waals surface area contributed by atoms with E-state index < -0.39 is 0 Å². The highest BCUT2D eigenvalue weighted by Gasteiger charge is 2.28. The number of urea groups is 1. The summed E-state index contributed by atoms with van der Waals surface area (Å²) >= 11 is 3.50. The highest BCUT2D eigenvalue weighted by molar-refractivity contribution is 9.10. The zero-order valence-corrected chi connectivity index (χ0v) is 13.1. The molecule has 104 valence electrons. The van der Waals surface area contributed by atoms with E-state index in [-0.39, 0.29) is 6.03 Å². The summed E-state index contributed by atoms with van der Waals surface area (Å²) in [4.78, 5) is 14.3. The molecule has 1 aromatic carbocycles. The molecule has 1 aliphatic heterocycles. The molecule has 0 spiro atoms. The first-order valence-electron chi connectivity index (χ1n) is 6.89. The molecule has 19 heavy (non-hydrogen) atoms. The molecule has 0 radical (unpaired) electrons. The van der Waals surface area contributed by atoms with Gasteiger partial charge in [0.25, 0.3) is 0 Å². The molecule has 2 atom stereocenters. The van der Waals surface area contributed by atoms with Crippen LogP contribution in [0.2, 0.25) is 0 Å². The maximum absolute atomic E-state index is 12.3. The number of carbonyl (C=O) groups excluding carboxylic acids is 1. The van der Waals surface area contributed by atoms with E-state index in [4.69, 9.17) is 0 Å². The van der Waals surface area contributed by atoms with Crippen LogP contribution in [0.4, 0.5) is 4.79 Å². The number of hydrogen-bond donors (Lipinski definition) is 1. The SMILES string of the molecule is CC1CCCC(C)N1C(=O)NCc1ccccc1Br. The standard InChI is InChI=1S/C15H21BrN2O/c1-11-6-5-7-12(2)18(11)15(19)17-10-13-8-3-4-9-14(13)16/h3-4,8-9,11-12H,5-7,10H2,1-2H3,(H,17,19). The Morgan fingerprint density at radius 2 is 1.95 bits per heavy atom. The van der Waals surface area contributed by atoms with E-state index in [2.05, 4.69) is 35.1 Å². The number of hydrogen-bond acceptors (Lipinski definition) is 1. The van der Waals surface area contributed by atoms with Crippen LogP contribution in [-0.4, -0.2) is 23.0 Å². The minimum atomic E-state index is 0.0513. The summed E-state index contributed by atoms with van der Waals surface area (Å²) in [5, 5.41) is 3.03. The number of nitrogens with zero attached hydrogens (tertiary/aromatic N) is 1. The molecule has 0 aromatic heterocycles. The number of carbonyl (C=O) groups is 1. The maximum Gasteiger partial charge on any atom is 0.318 e. The highest BCUT2D eigenvalue weighted by Crippen LogP contribution is 2.22. The average molecular weight is 325 g/mol. The Kier molecular flexibility index (Phi) is 4.86. The van der Waals surface area contributed by atoms with Crippen molar-refractivity contribution < 1.29 is 4.79 Å². The van der Waals surface area contributed by atoms with Crippen LogP contribution >= 0.6 is 15.9 Å². The molecule has 1 saturated heterocycles. The third-order valence-corrected chi connectivity index (χ3v) is 4.59. The Balaban J connectivity index is 1.95. The first-order valence-corrected chi connectivity index (χ1v) is 7.68. The van der Waals surface area contributed by atoms with Crippen molar-refractivity contribution in [3.8, 4) is 0 Å². The van der Waals surface area contributed by atoms with Gasteiger partial charge in [-0.3, -0.25) is 0 Å². The first kappa shape index (κ1) is 14.4. The number of likely N-dealkylation sites (tertiary alicyclic amines) is 1. The van der Waals surface area contributed by atoms with Crippen molar-refractivity contribution in [2.75, 3.05) is 0 Å². The molecule has 1 aromatic rings. The van der Waals surface area contributed by atoms with Gasteiger partial charge in [-0.1, -0.05) is 34.1 Å². The Morgan fingerprint density at radius 3 is 2.58 bits per heavy atom. The van der Waals surface area contributed by atoms with Crippen molar-refractivity contribution in [1.29, 1.82) is 0 Å². The fourth-order valence-corrected chi connectivity index (χ4v) is 3.15. The number of nitrogens with one attached hydrogen (secondary N) is 1. The van der Waals surface area contributed by atoms with Crippen LogP contribution in [-0.2, 0) is 6.54 Å². The summed E-state index contributed by atoms with van der Waals surface area (Å²) in [6.07, 6.45) is 3.43. The molecule has 2 rings (SSSR count). The normalized spacial score (nSPS) is 23.2. The lowest BCUT2D eigenvalue weighted by molar-refractivity contribution is 0.123. The molecule has 0 aliphatic carbocycles. The van der Waals surface area contributed by atoms with Crippen molar-refractivity contribution in [1.82, 2.24) is 10.2 Å². The van der Waals surface area contributed by atoms with Gasteiger partial charge in [0.05, 0.1) is 0 Å². The molecular weight excluding hydrogens is 304 g/mol. The van der Waals surface area contributed by atoms with Crippen LogP contribution in [0.5, 0.6) is 0 Å². The van der Waals surface area contributed by atoms with Crippen LogP contribution in [0.15, 0.2) is 28.7 Å². The van der Waals surface area contributed by atoms with Gasteiger partial charge in [0.1, 0.15) is 0 Å². The summed E-state index contributed by atoms with van der Waals surface area (Å²) in [5.74, 6) is 0. The van der Waals surface area contributed by atoms with E-state index in [1.807, 2.05) is 29.2 Å². The van der Waals surface area contributed by atoms with E-state index in [9.17, 15) is 4.79 Å². The van der Waals surface area contributed by atoms with E-state index in [1.54, 1.807) is 0 Å². The summed E-state index contributed by atoms with van der Waals surface area (Å²) < 4.78 is 1.04. The molecule has 4 heteroatoms. The Labute approximate surface area is 123 Å². The molecular formula is C15H21BrN2O. The van der Waals surface area contributed by atoms with Crippen LogP contribution in [0.3, 0.4) is 0 Å². The van der Waals surface area contributed by atoms with Crippen LogP contribution in [0, 0.1) is 0 Å². The summed E-state index contributed by atoms with van der Waals surface area (Å²) in [7, 11) is 0. The number of amides is 2. The summed E-state index contributed by atoms with van der Waals surface area (Å²) in [6, 6.07) is 8.70. The minimum absolute atomic E-state index is 0.0513. The molecule has 1 heterocycles. The summed E-state index contributed by atoms with van der Waals surface area (Å²) in [5.41, 5.74) is 1.10. The van der Waals surface area contributed by atoms with Gasteiger partial charge in [0, 0.05) is 23.1 Å². The lowest BCUT2D eigenvalue weighted by atomic mass is 9.98. The van der Waals surface area contributed by atoms with Crippen molar-refractivity contribution in [2.45, 2.75) is 51.7 Å². The Morgan fingerprint density at radius 1 is 1.32 bits per heavy atom. The Hall–Kier alpha value is -1.03. The van der Waals surface area contributed by atoms with Gasteiger partial charge in [-0.25, -0.2) is 4.79 Å². The maximum atomic E-state index is 12.3. The van der Waals surface area contributed by atoms with Crippen molar-refractivity contribution in [3.63, 3.8) is 0 Å². The van der Waals surface area contributed by atoms with Gasteiger partial charge in [-0.05, 0) is 44.7 Å². The zero-order valence-electron chi connectivity index (χ0n) is 11.5. The predicted molar refractivity (Wildman–Crippen MR) is 81.0 cm³/mol. The predicted octanol–water partition coefficient (Wildman–Crippen LogP) is 3.92. The van der Waals surface area contributed by atoms with Crippen molar-refractivity contribution in [3.05, 3.63) is 34.3 Å². The van der Waals surface area contributed by atoms with E-state index in [0.717, 1.165) is 22.9 Å². The second-order valence-electron chi connectivity index (χ2n) is 5.29. The lowest BCUT2D eigenvalue weighted by Gasteiger charge is -2.38. The summed E-state index contributed by atoms with van der Waals surface area (Å²) in [6.45, 7) is 4.83. The van der Waals surface area contributed by atoms with Crippen molar-refractivity contribution >= 4 is 22.0 Å². The van der Waals surface area contributed by atoms with Gasteiger partial charge >= 0.3 is 6.03 Å². The average Bonchev–Trinajstić information content (AvgIpc) is 2.37. The Bertz CT molecular complexity index is 440. The molecule has 0 saturated carbocycles. The third kappa shape index (κ3) is 3.50. The number of halogens is 1. The first-order chi connectivity index (χ1) is 9.09. The van der Waals surface area contributed by atoms with Gasteiger partial charge in [0.15, 0.2) is 0 Å². The fourth-order valence-electron chi connectivity index (χ4n) is 2.73. The smallest absolute Gasteiger partial charge is 0.318 e. The number of benzene rings is 1. The quantitative estimate of drug-likeness (QED) is 0.878. The monoisotopic (exact) mass is 324 g/mol. The molecule has 3 nitrogen and oxygen atoms in total. The highest BCUT2D eigenvalue weighted by atomic mass is 79.9. The topological polar surface area (TPSA) is 32.3 Å². The molecule has 2 unspecified atom stereocenters. The van der Waals surface area contributed by atoms with Gasteiger partial charge < -0.3 is 10.2 Å². The molecule has 0 bridgehead atoms. The van der Waals surface area contributed by atoms with Crippen LogP contribution in [0.1, 0.15) is 38.7 Å². The second kappa shape index (κ2) is 6.42. The van der Waals surface area contributed by atoms with Gasteiger partial charge in [-0.15, -0.1) is 0 Å². The third-order valence-electron chi connectivity index (χ3n) is 3.82. The largest absolute Gasteiger partial charge is 0.334 e. The van der Waals surface area contributed by atoms with Crippen molar-refractivity contribution in [2.24, 2.45) is 0 Å². The lowest BCUT2D eigenvalue weighted by Crippen LogP contribution is -2.51. The van der Waals surface area contributed by atoms with Crippen LogP contribution < -0.4 is 5.32 Å². The van der Waals surface area contributed by atoms with E-state index >= 15 is 0 Å². The van der Waals surface area contributed by atoms with Gasteiger partial charge in [0.2, 0.25) is 0 Å². The van der Waals surface area contributed by atoms with Crippen LogP contribution in [0.25, 0.3) is 0 Å². The zero-order chi connectivity index (χ0) is 13.8. The minimum Gasteiger partial charge on any atom is -0.334 e. The molecule has 1 aliphatic rings. The fraction of sp³-hybridized carbons (Fsp3) is 0.533. The second-order valence-corrected chi connectivity index (χ2v) is 6.14. The molecule has 1 fully saturated rings.